The molecule has 0 aromatic rings. The average molecular weight is 180 g/mol. The Kier molecular flexibility index (Phi) is 5.97. The number of rotatable bonds is 0. The van der Waals surface area contributed by atoms with Gasteiger partial charge < -0.3 is 0 Å². The lowest BCUT2D eigenvalue weighted by molar-refractivity contribution is 0.504. The van der Waals surface area contributed by atoms with Crippen molar-refractivity contribution in [1.82, 2.24) is 0 Å². The average Bonchev–Trinajstić information content (AvgIpc) is 2.22. The molecular weight excluding hydrogens is 156 g/mol. The van der Waals surface area contributed by atoms with Crippen molar-refractivity contribution in [2.24, 2.45) is 0 Å². The molecule has 0 spiro atoms. The molecule has 0 saturated heterocycles. The van der Waals surface area contributed by atoms with Crippen molar-refractivity contribution in [3.8, 4) is 0 Å². The molecule has 0 heteroatoms. The smallest absolute Gasteiger partial charge is 0.0323 e. The lowest BCUT2D eigenvalue weighted by Gasteiger charge is -2.10. The Morgan fingerprint density at radius 1 is 0.538 bits per heavy atom. The van der Waals surface area contributed by atoms with Crippen LogP contribution in [0.15, 0.2) is 12.2 Å². The van der Waals surface area contributed by atoms with E-state index in [1.807, 2.05) is 0 Å². The van der Waals surface area contributed by atoms with Crippen LogP contribution >= 0.6 is 0 Å². The first kappa shape index (κ1) is 10.8. The molecule has 0 atom stereocenters. The Balaban J connectivity index is 0.000000132. The Bertz CT molecular complexity index is 111. The molecule has 0 heterocycles. The van der Waals surface area contributed by atoms with Crippen LogP contribution in [0.3, 0.4) is 0 Å². The number of hydrogen-bond donors (Lipinski definition) is 0. The van der Waals surface area contributed by atoms with Gasteiger partial charge in [0.25, 0.3) is 0 Å². The van der Waals surface area contributed by atoms with E-state index in [4.69, 9.17) is 0 Å². The van der Waals surface area contributed by atoms with Crippen LogP contribution in [0.25, 0.3) is 0 Å². The summed E-state index contributed by atoms with van der Waals surface area (Å²) in [7, 11) is 0. The normalized spacial score (nSPS) is 23.2. The molecule has 76 valence electrons. The van der Waals surface area contributed by atoms with Crippen molar-refractivity contribution >= 4 is 0 Å². The van der Waals surface area contributed by atoms with Gasteiger partial charge in [-0.1, -0.05) is 57.1 Å². The highest BCUT2D eigenvalue weighted by Gasteiger charge is 2.00. The molecule has 13 heavy (non-hydrogen) atoms. The monoisotopic (exact) mass is 180 g/mol. The molecule has 2 aliphatic carbocycles. The Hall–Kier alpha value is -0.260. The molecule has 0 amide bonds. The molecule has 0 aromatic heterocycles. The minimum atomic E-state index is 1.29. The van der Waals surface area contributed by atoms with E-state index < -0.39 is 0 Å². The van der Waals surface area contributed by atoms with E-state index in [0.29, 0.717) is 0 Å². The van der Waals surface area contributed by atoms with E-state index in [2.05, 4.69) is 6.58 Å². The standard InChI is InChI=1S/C7H12.C6H12/c1-7-5-3-2-4-6-7;1-2-4-6-5-3-1/h1-6H2;1-6H2. The van der Waals surface area contributed by atoms with E-state index in [1.54, 1.807) is 0 Å². The van der Waals surface area contributed by atoms with Gasteiger partial charge in [-0.05, 0) is 25.7 Å². The molecular formula is C13H24. The molecule has 2 rings (SSSR count). The predicted molar refractivity (Wildman–Crippen MR) is 59.9 cm³/mol. The molecule has 2 saturated carbocycles. The fraction of sp³-hybridized carbons (Fsp3) is 0.846. The maximum atomic E-state index is 3.91. The molecule has 0 unspecified atom stereocenters. The highest BCUT2D eigenvalue weighted by Crippen LogP contribution is 2.20. The van der Waals surface area contributed by atoms with Crippen molar-refractivity contribution in [3.05, 3.63) is 12.2 Å². The molecule has 2 aliphatic rings. The van der Waals surface area contributed by atoms with Gasteiger partial charge in [-0.2, -0.15) is 0 Å². The Morgan fingerprint density at radius 3 is 1.08 bits per heavy atom. The first-order chi connectivity index (χ1) is 6.39. The van der Waals surface area contributed by atoms with Crippen LogP contribution in [0.5, 0.6) is 0 Å². The summed E-state index contributed by atoms with van der Waals surface area (Å²) in [6, 6.07) is 0. The summed E-state index contributed by atoms with van der Waals surface area (Å²) in [5.74, 6) is 0. The van der Waals surface area contributed by atoms with Crippen LogP contribution in [-0.2, 0) is 0 Å². The zero-order valence-electron chi connectivity index (χ0n) is 8.99. The zero-order chi connectivity index (χ0) is 9.36. The zero-order valence-corrected chi connectivity index (χ0v) is 8.99. The molecule has 0 aliphatic heterocycles. The minimum absolute atomic E-state index is 1.29. The van der Waals surface area contributed by atoms with Gasteiger partial charge in [0.2, 0.25) is 0 Å². The van der Waals surface area contributed by atoms with Gasteiger partial charge in [0.1, 0.15) is 0 Å². The van der Waals surface area contributed by atoms with Gasteiger partial charge >= 0.3 is 0 Å². The van der Waals surface area contributed by atoms with Crippen molar-refractivity contribution in [2.45, 2.75) is 70.6 Å². The summed E-state index contributed by atoms with van der Waals surface area (Å²) < 4.78 is 0. The van der Waals surface area contributed by atoms with E-state index in [-0.39, 0.29) is 0 Å². The summed E-state index contributed by atoms with van der Waals surface area (Å²) in [5.41, 5.74) is 1.46. The van der Waals surface area contributed by atoms with Gasteiger partial charge in [-0.15, -0.1) is 0 Å². The minimum Gasteiger partial charge on any atom is -0.0999 e. The Morgan fingerprint density at radius 2 is 0.846 bits per heavy atom. The van der Waals surface area contributed by atoms with E-state index >= 15 is 0 Å². The topological polar surface area (TPSA) is 0 Å². The quantitative estimate of drug-likeness (QED) is 0.468. The van der Waals surface area contributed by atoms with Crippen LogP contribution in [-0.4, -0.2) is 0 Å². The maximum Gasteiger partial charge on any atom is -0.0323 e. The van der Waals surface area contributed by atoms with Gasteiger partial charge in [-0.3, -0.25) is 0 Å². The Labute approximate surface area is 83.4 Å². The van der Waals surface area contributed by atoms with Crippen molar-refractivity contribution in [1.29, 1.82) is 0 Å². The molecule has 0 aromatic carbocycles. The van der Waals surface area contributed by atoms with Crippen LogP contribution < -0.4 is 0 Å². The van der Waals surface area contributed by atoms with E-state index in [0.717, 1.165) is 0 Å². The van der Waals surface area contributed by atoms with E-state index in [1.165, 1.54) is 76.2 Å². The summed E-state index contributed by atoms with van der Waals surface area (Å²) >= 11 is 0. The first-order valence-corrected chi connectivity index (χ1v) is 6.06. The second-order valence-corrected chi connectivity index (χ2v) is 4.43. The summed E-state index contributed by atoms with van der Waals surface area (Å²) in [6.45, 7) is 3.91. The van der Waals surface area contributed by atoms with Crippen molar-refractivity contribution in [2.75, 3.05) is 0 Å². The van der Waals surface area contributed by atoms with Crippen LogP contribution in [0, 0.1) is 0 Å². The van der Waals surface area contributed by atoms with Gasteiger partial charge in [-0.25, -0.2) is 0 Å². The fourth-order valence-electron chi connectivity index (χ4n) is 2.11. The third kappa shape index (κ3) is 5.90. The summed E-state index contributed by atoms with van der Waals surface area (Å²) in [6.07, 6.45) is 15.8. The lowest BCUT2D eigenvalue weighted by atomic mass is 9.97. The summed E-state index contributed by atoms with van der Waals surface area (Å²) in [5, 5.41) is 0. The fourth-order valence-corrected chi connectivity index (χ4v) is 2.11. The van der Waals surface area contributed by atoms with Gasteiger partial charge in [0.15, 0.2) is 0 Å². The van der Waals surface area contributed by atoms with Crippen LogP contribution in [0.1, 0.15) is 70.6 Å². The SMILES string of the molecule is C1CCCCC1.C=C1CCCCC1. The molecule has 2 fully saturated rings. The van der Waals surface area contributed by atoms with Gasteiger partial charge in [0.05, 0.1) is 0 Å². The van der Waals surface area contributed by atoms with Crippen LogP contribution in [0.4, 0.5) is 0 Å². The van der Waals surface area contributed by atoms with Crippen LogP contribution in [0.2, 0.25) is 0 Å². The first-order valence-electron chi connectivity index (χ1n) is 6.06. The molecule has 0 N–H and O–H groups in total. The largest absolute Gasteiger partial charge is 0.0999 e. The van der Waals surface area contributed by atoms with E-state index in [9.17, 15) is 0 Å². The highest BCUT2D eigenvalue weighted by molar-refractivity contribution is 4.95. The van der Waals surface area contributed by atoms with Gasteiger partial charge in [0, 0.05) is 0 Å². The second kappa shape index (κ2) is 7.17. The maximum absolute atomic E-state index is 3.91. The lowest BCUT2D eigenvalue weighted by Crippen LogP contribution is -1.90. The predicted octanol–water partition coefficient (Wildman–Crippen LogP) is 4.85. The second-order valence-electron chi connectivity index (χ2n) is 4.43. The number of hydrogen-bond acceptors (Lipinski definition) is 0. The summed E-state index contributed by atoms with van der Waals surface area (Å²) in [4.78, 5) is 0. The van der Waals surface area contributed by atoms with Crippen molar-refractivity contribution < 1.29 is 0 Å². The molecule has 0 nitrogen and oxygen atoms in total. The number of allylic oxidation sites excluding steroid dienone is 1. The molecule has 0 bridgehead atoms. The third-order valence-electron chi connectivity index (χ3n) is 3.06. The highest BCUT2D eigenvalue weighted by atomic mass is 14.1. The molecule has 0 radical (unpaired) electrons. The third-order valence-corrected chi connectivity index (χ3v) is 3.06. The van der Waals surface area contributed by atoms with Crippen molar-refractivity contribution in [3.63, 3.8) is 0 Å².